The summed E-state index contributed by atoms with van der Waals surface area (Å²) in [7, 11) is 0. The van der Waals surface area contributed by atoms with Crippen molar-refractivity contribution in [3.05, 3.63) is 0 Å². The van der Waals surface area contributed by atoms with E-state index in [4.69, 9.17) is 9.47 Å². The lowest BCUT2D eigenvalue weighted by Gasteiger charge is -2.42. The van der Waals surface area contributed by atoms with Crippen LogP contribution in [-0.4, -0.2) is 23.1 Å². The molecule has 0 bridgehead atoms. The maximum Gasteiger partial charge on any atom is 0.313 e. The lowest BCUT2D eigenvalue weighted by molar-refractivity contribution is -0.187. The molecule has 0 fully saturated rings. The SMILES string of the molecule is CC(C)C(C)(C)OC(=O)CC(C)(C(=O)OC(C)(C)C(C)C)C(C)(C)C. The molecule has 0 aromatic heterocycles. The minimum atomic E-state index is -0.969. The van der Waals surface area contributed by atoms with Gasteiger partial charge >= 0.3 is 11.9 Å². The quantitative estimate of drug-likeness (QED) is 0.574. The van der Waals surface area contributed by atoms with Crippen LogP contribution >= 0.6 is 0 Å². The van der Waals surface area contributed by atoms with E-state index in [-0.39, 0.29) is 30.2 Å². The maximum atomic E-state index is 13.0. The van der Waals surface area contributed by atoms with Gasteiger partial charge in [0.2, 0.25) is 0 Å². The average Bonchev–Trinajstić information content (AvgIpc) is 2.35. The van der Waals surface area contributed by atoms with E-state index >= 15 is 0 Å². The average molecular weight is 357 g/mol. The molecule has 148 valence electrons. The number of carbonyl (C=O) groups excluding carboxylic acids is 2. The first-order chi connectivity index (χ1) is 10.9. The minimum absolute atomic E-state index is 0.000339. The van der Waals surface area contributed by atoms with Gasteiger partial charge in [0, 0.05) is 0 Å². The van der Waals surface area contributed by atoms with Gasteiger partial charge in [-0.2, -0.15) is 0 Å². The van der Waals surface area contributed by atoms with Crippen molar-refractivity contribution in [1.82, 2.24) is 0 Å². The van der Waals surface area contributed by atoms with Gasteiger partial charge in [-0.25, -0.2) is 0 Å². The van der Waals surface area contributed by atoms with E-state index in [1.807, 2.05) is 76.2 Å². The third-order valence-corrected chi connectivity index (χ3v) is 6.12. The van der Waals surface area contributed by atoms with Crippen LogP contribution in [0.25, 0.3) is 0 Å². The van der Waals surface area contributed by atoms with Crippen LogP contribution < -0.4 is 0 Å². The zero-order valence-electron chi connectivity index (χ0n) is 18.5. The van der Waals surface area contributed by atoms with Gasteiger partial charge in [-0.05, 0) is 51.9 Å². The third-order valence-electron chi connectivity index (χ3n) is 6.12. The van der Waals surface area contributed by atoms with Crippen LogP contribution in [0.1, 0.15) is 89.5 Å². The first-order valence-electron chi connectivity index (χ1n) is 9.32. The number of esters is 2. The lowest BCUT2D eigenvalue weighted by Crippen LogP contribution is -2.48. The normalized spacial score (nSPS) is 15.9. The Hall–Kier alpha value is -1.06. The van der Waals surface area contributed by atoms with Crippen LogP contribution in [-0.2, 0) is 19.1 Å². The van der Waals surface area contributed by atoms with Crippen molar-refractivity contribution in [2.45, 2.75) is 101 Å². The lowest BCUT2D eigenvalue weighted by atomic mass is 9.65. The maximum absolute atomic E-state index is 13.0. The van der Waals surface area contributed by atoms with E-state index in [1.165, 1.54) is 0 Å². The summed E-state index contributed by atoms with van der Waals surface area (Å²) in [5, 5.41) is 0. The van der Waals surface area contributed by atoms with E-state index in [0.717, 1.165) is 0 Å². The summed E-state index contributed by atoms with van der Waals surface area (Å²) in [5.74, 6) is -0.356. The first kappa shape index (κ1) is 23.9. The highest BCUT2D eigenvalue weighted by molar-refractivity contribution is 5.84. The predicted molar refractivity (Wildman–Crippen MR) is 102 cm³/mol. The Morgan fingerprint density at radius 3 is 1.40 bits per heavy atom. The van der Waals surface area contributed by atoms with E-state index in [9.17, 15) is 9.59 Å². The van der Waals surface area contributed by atoms with Crippen molar-refractivity contribution < 1.29 is 19.1 Å². The second-order valence-electron chi connectivity index (χ2n) is 10.1. The minimum Gasteiger partial charge on any atom is -0.459 e. The van der Waals surface area contributed by atoms with Crippen LogP contribution in [0.2, 0.25) is 0 Å². The molecule has 0 spiro atoms. The molecule has 0 heterocycles. The highest BCUT2D eigenvalue weighted by Gasteiger charge is 2.49. The Kier molecular flexibility index (Phi) is 7.35. The zero-order chi connectivity index (χ0) is 20.4. The molecule has 0 radical (unpaired) electrons. The Bertz CT molecular complexity index is 481. The fraction of sp³-hybridized carbons (Fsp3) is 0.905. The molecule has 0 saturated heterocycles. The van der Waals surface area contributed by atoms with Crippen LogP contribution in [0.3, 0.4) is 0 Å². The van der Waals surface area contributed by atoms with Gasteiger partial charge in [0.15, 0.2) is 0 Å². The summed E-state index contributed by atoms with van der Waals surface area (Å²) in [6.07, 6.45) is -0.000339. The van der Waals surface area contributed by atoms with Gasteiger partial charge < -0.3 is 9.47 Å². The van der Waals surface area contributed by atoms with Crippen molar-refractivity contribution in [3.8, 4) is 0 Å². The van der Waals surface area contributed by atoms with E-state index in [0.29, 0.717) is 0 Å². The molecule has 0 aliphatic heterocycles. The highest BCUT2D eigenvalue weighted by atomic mass is 16.6. The molecule has 25 heavy (non-hydrogen) atoms. The third kappa shape index (κ3) is 6.00. The summed E-state index contributed by atoms with van der Waals surface area (Å²) in [5.41, 5.74) is -2.58. The van der Waals surface area contributed by atoms with Gasteiger partial charge in [0.05, 0.1) is 11.8 Å². The molecule has 0 rings (SSSR count). The van der Waals surface area contributed by atoms with Crippen LogP contribution in [0.4, 0.5) is 0 Å². The molecule has 4 heteroatoms. The fourth-order valence-electron chi connectivity index (χ4n) is 1.85. The zero-order valence-corrected chi connectivity index (χ0v) is 18.5. The van der Waals surface area contributed by atoms with Crippen molar-refractivity contribution >= 4 is 11.9 Å². The second-order valence-corrected chi connectivity index (χ2v) is 10.1. The van der Waals surface area contributed by atoms with E-state index in [2.05, 4.69) is 0 Å². The summed E-state index contributed by atoms with van der Waals surface area (Å²) in [6.45, 7) is 23.3. The van der Waals surface area contributed by atoms with Crippen molar-refractivity contribution in [3.63, 3.8) is 0 Å². The van der Waals surface area contributed by atoms with Gasteiger partial charge in [0.25, 0.3) is 0 Å². The van der Waals surface area contributed by atoms with Crippen molar-refractivity contribution in [2.24, 2.45) is 22.7 Å². The summed E-state index contributed by atoms with van der Waals surface area (Å²) in [6, 6.07) is 0. The van der Waals surface area contributed by atoms with Crippen LogP contribution in [0.15, 0.2) is 0 Å². The molecule has 4 nitrogen and oxygen atoms in total. The van der Waals surface area contributed by atoms with Crippen LogP contribution in [0, 0.1) is 22.7 Å². The van der Waals surface area contributed by atoms with Gasteiger partial charge in [-0.15, -0.1) is 0 Å². The topological polar surface area (TPSA) is 52.6 Å². The molecule has 0 saturated carbocycles. The Morgan fingerprint density at radius 1 is 0.720 bits per heavy atom. The molecule has 0 amide bonds. The molecule has 1 unspecified atom stereocenters. The van der Waals surface area contributed by atoms with E-state index < -0.39 is 22.0 Å². The van der Waals surface area contributed by atoms with Crippen molar-refractivity contribution in [2.75, 3.05) is 0 Å². The standard InChI is InChI=1S/C21H40O4/c1-14(2)19(8,9)24-16(22)13-21(12,18(5,6)7)17(23)25-20(10,11)15(3)4/h14-15H,13H2,1-12H3. The number of rotatable bonds is 7. The Morgan fingerprint density at radius 2 is 1.08 bits per heavy atom. The Labute approximate surface area is 155 Å². The van der Waals surface area contributed by atoms with Gasteiger partial charge in [0.1, 0.15) is 11.2 Å². The predicted octanol–water partition coefficient (Wildman–Crippen LogP) is 5.38. The first-order valence-corrected chi connectivity index (χ1v) is 9.32. The largest absolute Gasteiger partial charge is 0.459 e. The number of hydrogen-bond donors (Lipinski definition) is 0. The number of carbonyl (C=O) groups is 2. The fourth-order valence-corrected chi connectivity index (χ4v) is 1.85. The second kappa shape index (κ2) is 7.67. The van der Waals surface area contributed by atoms with Crippen LogP contribution in [0.5, 0.6) is 0 Å². The number of hydrogen-bond acceptors (Lipinski definition) is 4. The smallest absolute Gasteiger partial charge is 0.313 e. The van der Waals surface area contributed by atoms with Crippen molar-refractivity contribution in [1.29, 1.82) is 0 Å². The molecule has 0 aliphatic carbocycles. The molecule has 0 aromatic carbocycles. The number of ether oxygens (including phenoxy) is 2. The summed E-state index contributed by atoms with van der Waals surface area (Å²) < 4.78 is 11.5. The molecular weight excluding hydrogens is 316 g/mol. The molecular formula is C21H40O4. The molecule has 1 atom stereocenters. The van der Waals surface area contributed by atoms with Gasteiger partial charge in [-0.3, -0.25) is 9.59 Å². The Balaban J connectivity index is 5.51. The molecule has 0 N–H and O–H groups in total. The summed E-state index contributed by atoms with van der Waals surface area (Å²) >= 11 is 0. The summed E-state index contributed by atoms with van der Waals surface area (Å²) in [4.78, 5) is 25.6. The molecule has 0 aromatic rings. The monoisotopic (exact) mass is 356 g/mol. The molecule has 0 aliphatic rings. The highest BCUT2D eigenvalue weighted by Crippen LogP contribution is 2.44. The van der Waals surface area contributed by atoms with Gasteiger partial charge in [-0.1, -0.05) is 48.5 Å². The van der Waals surface area contributed by atoms with E-state index in [1.54, 1.807) is 6.92 Å².